The van der Waals surface area contributed by atoms with Gasteiger partial charge in [-0.2, -0.15) is 0 Å². The van der Waals surface area contributed by atoms with E-state index in [1.807, 2.05) is 0 Å². The zero-order chi connectivity index (χ0) is 19.5. The second kappa shape index (κ2) is 9.74. The summed E-state index contributed by atoms with van der Waals surface area (Å²) in [4.78, 5) is 2.51. The van der Waals surface area contributed by atoms with Crippen molar-refractivity contribution in [2.45, 2.75) is 35.4 Å². The molecule has 0 aliphatic carbocycles. The van der Waals surface area contributed by atoms with Gasteiger partial charge < -0.3 is 17.0 Å². The first kappa shape index (κ1) is 21.8. The van der Waals surface area contributed by atoms with Crippen molar-refractivity contribution >= 4 is 40.5 Å². The van der Waals surface area contributed by atoms with Crippen LogP contribution in [0.3, 0.4) is 0 Å². The lowest BCUT2D eigenvalue weighted by molar-refractivity contribution is -0.635. The fraction of sp³-hybridized carbons (Fsp3) is 0.174. The van der Waals surface area contributed by atoms with Gasteiger partial charge in [0, 0.05) is 9.79 Å². The average Bonchev–Trinajstić information content (AvgIpc) is 2.98. The van der Waals surface area contributed by atoms with E-state index in [2.05, 4.69) is 95.8 Å². The highest BCUT2D eigenvalue weighted by molar-refractivity contribution is 7.98. The van der Waals surface area contributed by atoms with Crippen molar-refractivity contribution in [3.63, 3.8) is 0 Å². The second-order valence-electron chi connectivity index (χ2n) is 6.88. The van der Waals surface area contributed by atoms with Crippen LogP contribution in [-0.4, -0.2) is 4.57 Å². The van der Waals surface area contributed by atoms with Crippen molar-refractivity contribution in [2.24, 2.45) is 0 Å². The van der Waals surface area contributed by atoms with Crippen LogP contribution in [0.2, 0.25) is 0 Å². The zero-order valence-corrected chi connectivity index (χ0v) is 19.7. The number of imidazole rings is 1. The van der Waals surface area contributed by atoms with E-state index in [9.17, 15) is 0 Å². The molecule has 0 spiro atoms. The minimum atomic E-state index is 0. The Labute approximate surface area is 191 Å². The Morgan fingerprint density at radius 3 is 1.97 bits per heavy atom. The second-order valence-corrected chi connectivity index (χ2v) is 8.91. The third-order valence-corrected chi connectivity index (χ3v) is 6.76. The normalized spacial score (nSPS) is 10.8. The molecule has 0 radical (unpaired) electrons. The lowest BCUT2D eigenvalue weighted by Crippen LogP contribution is -3.00. The average molecular weight is 487 g/mol. The number of nitrogens with two attached hydrogens (primary N) is 1. The summed E-state index contributed by atoms with van der Waals surface area (Å²) in [6.45, 7) is 4.22. The van der Waals surface area contributed by atoms with Crippen molar-refractivity contribution in [3.05, 3.63) is 83.9 Å². The Hall–Kier alpha value is -1.89. The Kier molecular flexibility index (Phi) is 7.33. The largest absolute Gasteiger partial charge is 1.00 e. The molecule has 3 aromatic carbocycles. The monoisotopic (exact) mass is 485 g/mol. The van der Waals surface area contributed by atoms with Crippen LogP contribution in [0.25, 0.3) is 11.0 Å². The van der Waals surface area contributed by atoms with Crippen LogP contribution in [0.5, 0.6) is 0 Å². The van der Waals surface area contributed by atoms with Gasteiger partial charge in [0.2, 0.25) is 0 Å². The third kappa shape index (κ3) is 5.00. The van der Waals surface area contributed by atoms with Crippen molar-refractivity contribution in [3.8, 4) is 0 Å². The quantitative estimate of drug-likeness (QED) is 0.336. The molecule has 0 saturated heterocycles. The van der Waals surface area contributed by atoms with Gasteiger partial charge in [0.15, 0.2) is 0 Å². The summed E-state index contributed by atoms with van der Waals surface area (Å²) in [5.41, 5.74) is 11.5. The van der Waals surface area contributed by atoms with Gasteiger partial charge in [0.05, 0.1) is 0 Å². The number of benzene rings is 3. The van der Waals surface area contributed by atoms with Gasteiger partial charge >= 0.3 is 5.95 Å². The van der Waals surface area contributed by atoms with E-state index in [0.717, 1.165) is 17.7 Å². The van der Waals surface area contributed by atoms with Crippen LogP contribution < -0.4 is 27.3 Å². The number of thioether (sulfide) groups is 2. The van der Waals surface area contributed by atoms with E-state index >= 15 is 0 Å². The summed E-state index contributed by atoms with van der Waals surface area (Å²) in [6.07, 6.45) is 0. The number of aromatic nitrogens is 2. The van der Waals surface area contributed by atoms with Crippen molar-refractivity contribution in [2.75, 3.05) is 5.73 Å². The molecule has 0 fully saturated rings. The van der Waals surface area contributed by atoms with E-state index in [1.165, 1.54) is 32.0 Å². The molecule has 3 nitrogen and oxygen atoms in total. The third-order valence-electron chi connectivity index (χ3n) is 4.78. The molecule has 150 valence electrons. The Bertz CT molecular complexity index is 1000. The lowest BCUT2D eigenvalue weighted by Gasteiger charge is -2.04. The van der Waals surface area contributed by atoms with Crippen molar-refractivity contribution in [1.82, 2.24) is 4.57 Å². The summed E-state index contributed by atoms with van der Waals surface area (Å²) in [7, 11) is 0. The fourth-order valence-corrected chi connectivity index (χ4v) is 4.89. The fourth-order valence-electron chi connectivity index (χ4n) is 3.13. The molecule has 2 N–H and O–H groups in total. The first-order valence-corrected chi connectivity index (χ1v) is 11.2. The van der Waals surface area contributed by atoms with Gasteiger partial charge in [0.25, 0.3) is 0 Å². The van der Waals surface area contributed by atoms with E-state index in [0.29, 0.717) is 0 Å². The van der Waals surface area contributed by atoms with Gasteiger partial charge in [-0.05, 0) is 50.2 Å². The van der Waals surface area contributed by atoms with Crippen LogP contribution in [0.1, 0.15) is 11.1 Å². The van der Waals surface area contributed by atoms with E-state index in [1.54, 1.807) is 23.5 Å². The minimum Gasteiger partial charge on any atom is -1.00 e. The van der Waals surface area contributed by atoms with Gasteiger partial charge in [-0.15, -0.1) is 0 Å². The van der Waals surface area contributed by atoms with E-state index in [4.69, 9.17) is 5.73 Å². The number of nitrogen functional groups attached to an aromatic ring is 1. The standard InChI is InChI=1S/C23H23N3S2.BrH/c1-17-7-11-19(12-8-17)27-15-25-21-5-3-4-6-22(21)26(23(25)24)16-28-20-13-9-18(2)10-14-20;/h3-14,24H,15-16H2,1-2H3;1H. The maximum absolute atomic E-state index is 6.59. The summed E-state index contributed by atoms with van der Waals surface area (Å²) in [5, 5.41) is 0. The van der Waals surface area contributed by atoms with Crippen LogP contribution in [0.4, 0.5) is 5.95 Å². The molecule has 4 rings (SSSR count). The van der Waals surface area contributed by atoms with Crippen molar-refractivity contribution in [1.29, 1.82) is 0 Å². The summed E-state index contributed by atoms with van der Waals surface area (Å²) in [5.74, 6) is 2.37. The highest BCUT2D eigenvalue weighted by Crippen LogP contribution is 2.26. The molecule has 0 atom stereocenters. The maximum Gasteiger partial charge on any atom is 0.357 e. The number of anilines is 1. The lowest BCUT2D eigenvalue weighted by atomic mass is 10.2. The summed E-state index contributed by atoms with van der Waals surface area (Å²) in [6, 6.07) is 25.7. The molecule has 1 heterocycles. The molecule has 0 bridgehead atoms. The molecule has 0 saturated carbocycles. The number of nitrogens with zero attached hydrogens (tertiary/aromatic N) is 2. The smallest absolute Gasteiger partial charge is 0.357 e. The number of rotatable bonds is 6. The van der Waals surface area contributed by atoms with Crippen LogP contribution in [0.15, 0.2) is 82.6 Å². The predicted molar refractivity (Wildman–Crippen MR) is 121 cm³/mol. The molecule has 4 aromatic rings. The van der Waals surface area contributed by atoms with Crippen LogP contribution >= 0.6 is 23.5 Å². The number of para-hydroxylation sites is 2. The van der Waals surface area contributed by atoms with E-state index in [-0.39, 0.29) is 17.0 Å². The highest BCUT2D eigenvalue weighted by Gasteiger charge is 2.20. The van der Waals surface area contributed by atoms with E-state index < -0.39 is 0 Å². The first-order valence-electron chi connectivity index (χ1n) is 9.27. The predicted octanol–water partition coefficient (Wildman–Crippen LogP) is 2.63. The number of fused-ring (bicyclic) bond motifs is 1. The molecule has 29 heavy (non-hydrogen) atoms. The molecule has 6 heteroatoms. The zero-order valence-electron chi connectivity index (χ0n) is 16.5. The molecule has 1 aromatic heterocycles. The Morgan fingerprint density at radius 2 is 1.34 bits per heavy atom. The van der Waals surface area contributed by atoms with Crippen LogP contribution in [0, 0.1) is 13.8 Å². The molecule has 0 amide bonds. The minimum absolute atomic E-state index is 0. The van der Waals surface area contributed by atoms with Gasteiger partial charge in [-0.3, -0.25) is 5.73 Å². The van der Waals surface area contributed by atoms with Gasteiger partial charge in [-0.25, -0.2) is 9.13 Å². The molecular formula is C23H24BrN3S2. The summed E-state index contributed by atoms with van der Waals surface area (Å²) < 4.78 is 4.41. The maximum atomic E-state index is 6.59. The topological polar surface area (TPSA) is 34.8 Å². The Morgan fingerprint density at radius 1 is 0.793 bits per heavy atom. The van der Waals surface area contributed by atoms with Crippen LogP contribution in [-0.2, 0) is 11.8 Å². The highest BCUT2D eigenvalue weighted by atomic mass is 79.9. The summed E-state index contributed by atoms with van der Waals surface area (Å²) >= 11 is 3.61. The SMILES string of the molecule is Cc1ccc(SCn2c(N)[n+](CSc3ccc(C)cc3)c3ccccc32)cc1.[Br-]. The molecule has 0 unspecified atom stereocenters. The Balaban J connectivity index is 0.00000240. The number of aryl methyl sites for hydroxylation is 2. The molecular weight excluding hydrogens is 462 g/mol. The number of hydrogen-bond acceptors (Lipinski definition) is 3. The van der Waals surface area contributed by atoms with Gasteiger partial charge in [-0.1, -0.05) is 71.0 Å². The first-order chi connectivity index (χ1) is 13.6. The molecule has 0 aliphatic heterocycles. The van der Waals surface area contributed by atoms with Gasteiger partial charge in [0.1, 0.15) is 22.8 Å². The van der Waals surface area contributed by atoms with Crippen molar-refractivity contribution < 1.29 is 21.5 Å². The molecule has 0 aliphatic rings. The number of halogens is 1. The number of hydrogen-bond donors (Lipinski definition) is 1.